The molecule has 0 amide bonds. The van der Waals surface area contributed by atoms with Gasteiger partial charge in [0.05, 0.1) is 0 Å². The summed E-state index contributed by atoms with van der Waals surface area (Å²) in [6.07, 6.45) is 0. The van der Waals surface area contributed by atoms with Crippen LogP contribution in [0.25, 0.3) is 0 Å². The molecule has 1 unspecified atom stereocenters. The second kappa shape index (κ2) is 5.07. The number of alkyl halides is 2. The molecule has 0 aromatic rings. The van der Waals surface area contributed by atoms with Crippen LogP contribution in [0, 0.1) is 0 Å². The molecule has 0 aliphatic rings. The van der Waals surface area contributed by atoms with E-state index >= 15 is 0 Å². The molecule has 0 saturated carbocycles. The van der Waals surface area contributed by atoms with Gasteiger partial charge in [-0.15, -0.1) is 0 Å². The van der Waals surface area contributed by atoms with Gasteiger partial charge in [-0.3, -0.25) is 0 Å². The summed E-state index contributed by atoms with van der Waals surface area (Å²) in [4.78, 5) is 0. The van der Waals surface area contributed by atoms with Crippen molar-refractivity contribution in [2.45, 2.75) is 5.56 Å². The molecule has 5 heteroatoms. The van der Waals surface area contributed by atoms with Crippen molar-refractivity contribution < 1.29 is 23.9 Å². The molecule has 7 heavy (non-hydrogen) atoms. The van der Waals surface area contributed by atoms with E-state index in [1.54, 1.807) is 0 Å². The zero-order chi connectivity index (χ0) is 5.70. The molecule has 0 radical (unpaired) electrons. The fourth-order valence-electron chi connectivity index (χ4n) is 0.0749. The Morgan fingerprint density at radius 1 is 1.86 bits per heavy atom. The van der Waals surface area contributed by atoms with E-state index in [4.69, 9.17) is 23.2 Å². The first-order valence-electron chi connectivity index (χ1n) is 1.49. The van der Waals surface area contributed by atoms with Gasteiger partial charge in [-0.25, -0.2) is 0 Å². The van der Waals surface area contributed by atoms with Gasteiger partial charge in [0.2, 0.25) is 0 Å². The normalized spacial score (nSPS) is 13.4. The fourth-order valence-corrected chi connectivity index (χ4v) is 0.675. The van der Waals surface area contributed by atoms with Crippen molar-refractivity contribution in [3.8, 4) is 0 Å². The topological polar surface area (TPSA) is 26.3 Å². The van der Waals surface area contributed by atoms with Crippen LogP contribution in [0.15, 0.2) is 0 Å². The molecule has 0 rings (SSSR count). The molecule has 0 bridgehead atoms. The SMILES string of the molecule is [O]=[V][O]C(Cl)CCl. The average molecular weight is 181 g/mol. The van der Waals surface area contributed by atoms with Crippen LogP contribution >= 0.6 is 23.2 Å². The zero-order valence-corrected chi connectivity index (χ0v) is 6.21. The van der Waals surface area contributed by atoms with Gasteiger partial charge in [-0.1, -0.05) is 0 Å². The molecule has 0 spiro atoms. The molecular formula is C2H3Cl2O2V. The van der Waals surface area contributed by atoms with Gasteiger partial charge in [0, 0.05) is 0 Å². The van der Waals surface area contributed by atoms with Crippen molar-refractivity contribution in [1.82, 2.24) is 0 Å². The van der Waals surface area contributed by atoms with Crippen LogP contribution in [-0.4, -0.2) is 11.4 Å². The Hall–Kier alpha value is 0.924. The molecule has 0 aliphatic heterocycles. The van der Waals surface area contributed by atoms with Gasteiger partial charge in [-0.05, 0) is 0 Å². The van der Waals surface area contributed by atoms with Crippen LogP contribution in [0.2, 0.25) is 0 Å². The van der Waals surface area contributed by atoms with Crippen molar-refractivity contribution in [3.63, 3.8) is 0 Å². The van der Waals surface area contributed by atoms with Crippen LogP contribution in [0.1, 0.15) is 0 Å². The molecule has 0 heterocycles. The molecule has 0 N–H and O–H groups in total. The Balaban J connectivity index is 2.98. The van der Waals surface area contributed by atoms with Crippen molar-refractivity contribution in [1.29, 1.82) is 0 Å². The van der Waals surface area contributed by atoms with E-state index in [9.17, 15) is 3.67 Å². The Labute approximate surface area is 58.8 Å². The van der Waals surface area contributed by atoms with Crippen LogP contribution in [-0.2, 0) is 23.9 Å². The summed E-state index contributed by atoms with van der Waals surface area (Å²) in [5.41, 5.74) is -0.584. The van der Waals surface area contributed by atoms with E-state index in [-0.39, 0.29) is 5.88 Å². The Morgan fingerprint density at radius 3 is 2.57 bits per heavy atom. The van der Waals surface area contributed by atoms with Crippen molar-refractivity contribution in [2.75, 3.05) is 5.88 Å². The Bertz CT molecular complexity index is 59.7. The molecular weight excluding hydrogens is 178 g/mol. The van der Waals surface area contributed by atoms with E-state index in [0.717, 1.165) is 0 Å². The second-order valence-electron chi connectivity index (χ2n) is 0.744. The summed E-state index contributed by atoms with van der Waals surface area (Å²) >= 11 is 9.09. The van der Waals surface area contributed by atoms with Crippen molar-refractivity contribution in [3.05, 3.63) is 0 Å². The van der Waals surface area contributed by atoms with Gasteiger partial charge in [0.15, 0.2) is 0 Å². The fraction of sp³-hybridized carbons (Fsp3) is 1.00. The minimum absolute atomic E-state index is 0.180. The third kappa shape index (κ3) is 4.78. The van der Waals surface area contributed by atoms with E-state index in [2.05, 4.69) is 3.66 Å². The van der Waals surface area contributed by atoms with E-state index < -0.39 is 22.2 Å². The van der Waals surface area contributed by atoms with Gasteiger partial charge in [0.1, 0.15) is 0 Å². The third-order valence-corrected chi connectivity index (χ3v) is 1.69. The molecule has 1 atom stereocenters. The molecule has 0 aromatic heterocycles. The summed E-state index contributed by atoms with van der Waals surface area (Å²) in [6.45, 7) is 0. The Morgan fingerprint density at radius 2 is 2.43 bits per heavy atom. The second-order valence-corrected chi connectivity index (χ2v) is 2.10. The summed E-state index contributed by atoms with van der Waals surface area (Å²) in [5.74, 6) is 0.180. The summed E-state index contributed by atoms with van der Waals surface area (Å²) in [6, 6.07) is 0. The maximum absolute atomic E-state index is 9.63. The molecule has 0 fully saturated rings. The first kappa shape index (κ1) is 7.92. The van der Waals surface area contributed by atoms with E-state index in [1.165, 1.54) is 0 Å². The molecule has 2 nitrogen and oxygen atoms in total. The molecule has 42 valence electrons. The number of rotatable bonds is 3. The standard InChI is InChI=1S/C2H3Cl2O.O.V/c3-1-2(4)5;;/h2H,1H2;;/q-1;;+1. The predicted octanol–water partition coefficient (Wildman–Crippen LogP) is 1.15. The van der Waals surface area contributed by atoms with Crippen molar-refractivity contribution in [2.24, 2.45) is 0 Å². The summed E-state index contributed by atoms with van der Waals surface area (Å²) < 4.78 is 14.0. The number of halogens is 2. The van der Waals surface area contributed by atoms with Gasteiger partial charge in [-0.2, -0.15) is 0 Å². The van der Waals surface area contributed by atoms with Crippen LogP contribution in [0.3, 0.4) is 0 Å². The molecule has 0 saturated heterocycles. The zero-order valence-electron chi connectivity index (χ0n) is 3.30. The molecule has 0 aromatic carbocycles. The van der Waals surface area contributed by atoms with Crippen LogP contribution in [0.4, 0.5) is 0 Å². The average Bonchev–Trinajstić information content (AvgIpc) is 1.68. The third-order valence-electron chi connectivity index (χ3n) is 0.279. The van der Waals surface area contributed by atoms with Gasteiger partial charge >= 0.3 is 58.6 Å². The minimum atomic E-state index is -1.29. The van der Waals surface area contributed by atoms with Crippen LogP contribution < -0.4 is 0 Å². The maximum atomic E-state index is 9.63. The van der Waals surface area contributed by atoms with Crippen LogP contribution in [0.5, 0.6) is 0 Å². The van der Waals surface area contributed by atoms with Gasteiger partial charge < -0.3 is 0 Å². The summed E-state index contributed by atoms with van der Waals surface area (Å²) in [7, 11) is 0. The first-order valence-corrected chi connectivity index (χ1v) is 3.61. The molecule has 0 aliphatic carbocycles. The number of hydrogen-bond donors (Lipinski definition) is 0. The Kier molecular flexibility index (Phi) is 5.74. The summed E-state index contributed by atoms with van der Waals surface area (Å²) in [5, 5.41) is 0. The van der Waals surface area contributed by atoms with E-state index in [0.29, 0.717) is 0 Å². The monoisotopic (exact) mass is 180 g/mol. The van der Waals surface area contributed by atoms with Gasteiger partial charge in [0.25, 0.3) is 0 Å². The quantitative estimate of drug-likeness (QED) is 0.610. The first-order chi connectivity index (χ1) is 3.31. The predicted molar refractivity (Wildman–Crippen MR) is 22.1 cm³/mol. The van der Waals surface area contributed by atoms with E-state index in [1.807, 2.05) is 0 Å². The number of hydrogen-bond acceptors (Lipinski definition) is 2. The van der Waals surface area contributed by atoms with Crippen molar-refractivity contribution >= 4 is 23.2 Å².